The van der Waals surface area contributed by atoms with E-state index in [-0.39, 0.29) is 22.3 Å². The summed E-state index contributed by atoms with van der Waals surface area (Å²) in [7, 11) is 0. The number of nitrogens with zero attached hydrogens (tertiary/aromatic N) is 3. The van der Waals surface area contributed by atoms with E-state index in [0.717, 1.165) is 53.9 Å². The minimum Gasteiger partial charge on any atom is -0.368 e. The Morgan fingerprint density at radius 2 is 2.09 bits per heavy atom. The molecule has 4 aromatic rings. The monoisotopic (exact) mass is 454 g/mol. The number of pyridine rings is 1. The van der Waals surface area contributed by atoms with Gasteiger partial charge in [-0.25, -0.2) is 18.7 Å². The average molecular weight is 455 g/mol. The largest absolute Gasteiger partial charge is 0.368 e. The van der Waals surface area contributed by atoms with Crippen molar-refractivity contribution in [1.29, 1.82) is 0 Å². The number of H-pyrrole nitrogens is 1. The van der Waals surface area contributed by atoms with E-state index in [4.69, 9.17) is 5.73 Å². The van der Waals surface area contributed by atoms with E-state index in [1.165, 1.54) is 11.4 Å². The quantitative estimate of drug-likeness (QED) is 0.430. The number of hydrogen-bond donors (Lipinski definition) is 3. The predicted molar refractivity (Wildman–Crippen MR) is 121 cm³/mol. The highest BCUT2D eigenvalue weighted by Gasteiger charge is 2.24. The van der Waals surface area contributed by atoms with Gasteiger partial charge in [-0.3, -0.25) is 4.79 Å². The van der Waals surface area contributed by atoms with Gasteiger partial charge in [0, 0.05) is 36.1 Å². The summed E-state index contributed by atoms with van der Waals surface area (Å²) >= 11 is 1.01. The van der Waals surface area contributed by atoms with Gasteiger partial charge < -0.3 is 20.9 Å². The fraction of sp³-hybridized carbons (Fsp3) is 0.227. The Balaban J connectivity index is 1.47. The molecule has 1 amide bonds. The number of nitrogens with two attached hydrogens (primary N) is 1. The number of aromatic amines is 1. The first-order chi connectivity index (χ1) is 15.5. The van der Waals surface area contributed by atoms with E-state index < -0.39 is 17.5 Å². The molecule has 1 aromatic carbocycles. The normalized spacial score (nSPS) is 16.5. The number of aromatic nitrogens is 3. The number of carbonyl (C=O) groups excluding carboxylic acids is 1. The molecule has 5 rings (SSSR count). The van der Waals surface area contributed by atoms with Crippen molar-refractivity contribution in [3.63, 3.8) is 0 Å². The second-order valence-corrected chi connectivity index (χ2v) is 8.56. The topological polar surface area (TPSA) is 99.9 Å². The molecule has 164 valence electrons. The van der Waals surface area contributed by atoms with E-state index >= 15 is 0 Å². The number of nitrogens with one attached hydrogen (secondary N) is 2. The Labute approximate surface area is 186 Å². The lowest BCUT2D eigenvalue weighted by Gasteiger charge is -2.34. The number of amides is 1. The van der Waals surface area contributed by atoms with Gasteiger partial charge in [0.05, 0.1) is 23.1 Å². The Bertz CT molecular complexity index is 1280. The number of fused-ring (bicyclic) bond motifs is 1. The lowest BCUT2D eigenvalue weighted by Crippen LogP contribution is -2.43. The van der Waals surface area contributed by atoms with Crippen molar-refractivity contribution in [2.75, 3.05) is 23.3 Å². The van der Waals surface area contributed by atoms with Gasteiger partial charge in [0.15, 0.2) is 0 Å². The molecule has 32 heavy (non-hydrogen) atoms. The van der Waals surface area contributed by atoms with E-state index in [9.17, 15) is 13.6 Å². The number of benzene rings is 1. The lowest BCUT2D eigenvalue weighted by molar-refractivity contribution is 0.102. The summed E-state index contributed by atoms with van der Waals surface area (Å²) in [5, 5.41) is 5.34. The zero-order valence-corrected chi connectivity index (χ0v) is 17.8. The van der Waals surface area contributed by atoms with Crippen molar-refractivity contribution in [3.05, 3.63) is 59.4 Å². The van der Waals surface area contributed by atoms with Crippen molar-refractivity contribution >= 4 is 39.7 Å². The Hall–Kier alpha value is -3.37. The second-order valence-electron chi connectivity index (χ2n) is 7.70. The first kappa shape index (κ1) is 20.5. The van der Waals surface area contributed by atoms with Gasteiger partial charge in [-0.15, -0.1) is 11.3 Å². The van der Waals surface area contributed by atoms with Crippen LogP contribution in [0.4, 0.5) is 20.2 Å². The van der Waals surface area contributed by atoms with Gasteiger partial charge in [0.2, 0.25) is 0 Å². The van der Waals surface area contributed by atoms with E-state index in [0.29, 0.717) is 17.9 Å². The highest BCUT2D eigenvalue weighted by atomic mass is 32.1. The number of rotatable bonds is 4. The standard InChI is InChI=1S/C22H20F2N6OS/c23-14-4-1-5-15(24)18(14)22-29-17(11-32-22)21(31)28-16-9-27-20-13(6-7-26-20)19(16)30-8-2-3-12(25)10-30/h1,4-7,9,11-12H,2-3,8,10,25H2,(H,26,27)(H,28,31). The summed E-state index contributed by atoms with van der Waals surface area (Å²) in [6.07, 6.45) is 5.29. The van der Waals surface area contributed by atoms with Gasteiger partial charge in [-0.2, -0.15) is 0 Å². The minimum absolute atomic E-state index is 0.0474. The van der Waals surface area contributed by atoms with Crippen LogP contribution in [0.2, 0.25) is 0 Å². The van der Waals surface area contributed by atoms with Crippen LogP contribution in [0.15, 0.2) is 42.0 Å². The van der Waals surface area contributed by atoms with Crippen molar-refractivity contribution < 1.29 is 13.6 Å². The molecule has 1 aliphatic rings. The van der Waals surface area contributed by atoms with Gasteiger partial charge >= 0.3 is 0 Å². The maximum absolute atomic E-state index is 14.1. The number of hydrogen-bond acceptors (Lipinski definition) is 6. The fourth-order valence-corrected chi connectivity index (χ4v) is 4.87. The van der Waals surface area contributed by atoms with Crippen LogP contribution in [-0.4, -0.2) is 40.0 Å². The van der Waals surface area contributed by atoms with Crippen LogP contribution < -0.4 is 16.0 Å². The lowest BCUT2D eigenvalue weighted by atomic mass is 10.0. The van der Waals surface area contributed by atoms with Gasteiger partial charge in [-0.1, -0.05) is 6.07 Å². The van der Waals surface area contributed by atoms with Crippen LogP contribution in [0.25, 0.3) is 21.6 Å². The molecule has 1 saturated heterocycles. The van der Waals surface area contributed by atoms with Crippen molar-refractivity contribution in [1.82, 2.24) is 15.0 Å². The van der Waals surface area contributed by atoms with E-state index in [2.05, 4.69) is 25.2 Å². The third-order valence-corrected chi connectivity index (χ3v) is 6.35. The maximum Gasteiger partial charge on any atom is 0.275 e. The van der Waals surface area contributed by atoms with Crippen molar-refractivity contribution in [2.24, 2.45) is 5.73 Å². The fourth-order valence-electron chi connectivity index (χ4n) is 4.02. The van der Waals surface area contributed by atoms with Crippen LogP contribution in [0.1, 0.15) is 23.3 Å². The molecule has 1 fully saturated rings. The summed E-state index contributed by atoms with van der Waals surface area (Å²) in [4.78, 5) is 26.8. The SMILES string of the molecule is NC1CCCN(c2c(NC(=O)c3csc(-c4c(F)cccc4F)n3)cnc3[nH]ccc23)C1. The molecule has 1 atom stereocenters. The maximum atomic E-state index is 14.1. The zero-order chi connectivity index (χ0) is 22.2. The van der Waals surface area contributed by atoms with Crippen molar-refractivity contribution in [2.45, 2.75) is 18.9 Å². The molecular weight excluding hydrogens is 434 g/mol. The van der Waals surface area contributed by atoms with Crippen LogP contribution in [0, 0.1) is 11.6 Å². The number of piperidine rings is 1. The van der Waals surface area contributed by atoms with E-state index in [1.54, 1.807) is 12.4 Å². The molecule has 7 nitrogen and oxygen atoms in total. The minimum atomic E-state index is -0.725. The molecule has 10 heteroatoms. The summed E-state index contributed by atoms with van der Waals surface area (Å²) in [6, 6.07) is 5.56. The van der Waals surface area contributed by atoms with Crippen molar-refractivity contribution in [3.8, 4) is 10.6 Å². The number of thiazole rings is 1. The van der Waals surface area contributed by atoms with Crippen LogP contribution in [0.5, 0.6) is 0 Å². The molecule has 3 aromatic heterocycles. The van der Waals surface area contributed by atoms with Gasteiger partial charge in [-0.05, 0) is 31.0 Å². The third-order valence-electron chi connectivity index (χ3n) is 5.49. The highest BCUT2D eigenvalue weighted by Crippen LogP contribution is 2.35. The van der Waals surface area contributed by atoms with Gasteiger partial charge in [0.25, 0.3) is 5.91 Å². The molecule has 4 heterocycles. The number of anilines is 2. The molecule has 0 radical (unpaired) electrons. The number of carbonyl (C=O) groups is 1. The van der Waals surface area contributed by atoms with E-state index in [1.807, 2.05) is 6.07 Å². The molecular formula is C22H20F2N6OS. The van der Waals surface area contributed by atoms with Crippen LogP contribution in [0.3, 0.4) is 0 Å². The summed E-state index contributed by atoms with van der Waals surface area (Å²) in [6.45, 7) is 1.48. The Morgan fingerprint density at radius 3 is 2.88 bits per heavy atom. The third kappa shape index (κ3) is 3.71. The molecule has 0 bridgehead atoms. The molecule has 0 spiro atoms. The zero-order valence-electron chi connectivity index (χ0n) is 16.9. The summed E-state index contributed by atoms with van der Waals surface area (Å²) in [5.41, 5.74) is 8.10. The Kier molecular flexibility index (Phi) is 5.32. The molecule has 1 unspecified atom stereocenters. The first-order valence-corrected chi connectivity index (χ1v) is 11.1. The summed E-state index contributed by atoms with van der Waals surface area (Å²) < 4.78 is 28.2. The van der Waals surface area contributed by atoms with Gasteiger partial charge in [0.1, 0.15) is 28.0 Å². The average Bonchev–Trinajstić information content (AvgIpc) is 3.43. The molecule has 0 aliphatic carbocycles. The molecule has 0 saturated carbocycles. The second kappa shape index (κ2) is 8.29. The number of halogens is 2. The van der Waals surface area contributed by atoms with Crippen LogP contribution in [-0.2, 0) is 0 Å². The predicted octanol–water partition coefficient (Wildman–Crippen LogP) is 4.14. The smallest absolute Gasteiger partial charge is 0.275 e. The molecule has 1 aliphatic heterocycles. The highest BCUT2D eigenvalue weighted by molar-refractivity contribution is 7.13. The Morgan fingerprint density at radius 1 is 1.28 bits per heavy atom. The summed E-state index contributed by atoms with van der Waals surface area (Å²) in [5.74, 6) is -1.93. The molecule has 4 N–H and O–H groups in total. The van der Waals surface area contributed by atoms with Crippen LogP contribution >= 0.6 is 11.3 Å². The first-order valence-electron chi connectivity index (χ1n) is 10.2.